The summed E-state index contributed by atoms with van der Waals surface area (Å²) in [5, 5.41) is 30.2. The van der Waals surface area contributed by atoms with Crippen LogP contribution in [-0.2, 0) is 18.6 Å². The lowest BCUT2D eigenvalue weighted by Gasteiger charge is -2.24. The minimum atomic E-state index is -4.66. The van der Waals surface area contributed by atoms with E-state index in [0.29, 0.717) is 18.1 Å². The van der Waals surface area contributed by atoms with Gasteiger partial charge in [-0.15, -0.1) is 0 Å². The molecule has 0 spiro atoms. The lowest BCUT2D eigenvalue weighted by Crippen LogP contribution is -2.31. The van der Waals surface area contributed by atoms with E-state index >= 15 is 0 Å². The average molecular weight is 559 g/mol. The summed E-state index contributed by atoms with van der Waals surface area (Å²) in [6, 6.07) is 11.6. The van der Waals surface area contributed by atoms with E-state index in [1.54, 1.807) is 13.8 Å². The van der Waals surface area contributed by atoms with E-state index in [2.05, 4.69) is 4.98 Å². The van der Waals surface area contributed by atoms with Crippen LogP contribution in [0, 0.1) is 11.3 Å². The van der Waals surface area contributed by atoms with Crippen molar-refractivity contribution in [2.45, 2.75) is 70.9 Å². The number of aromatic nitrogens is 2. The Balaban J connectivity index is 2.00. The van der Waals surface area contributed by atoms with Gasteiger partial charge in [-0.2, -0.15) is 18.4 Å². The Labute approximate surface area is 230 Å². The summed E-state index contributed by atoms with van der Waals surface area (Å²) in [6.45, 7) is 6.42. The molecule has 1 amide bonds. The molecule has 214 valence electrons. The van der Waals surface area contributed by atoms with Gasteiger partial charge in [0.2, 0.25) is 5.91 Å². The second kappa shape index (κ2) is 12.1. The van der Waals surface area contributed by atoms with E-state index in [1.807, 2.05) is 48.0 Å². The zero-order chi connectivity index (χ0) is 29.8. The summed E-state index contributed by atoms with van der Waals surface area (Å²) in [5.41, 5.74) is 6.58. The van der Waals surface area contributed by atoms with Crippen molar-refractivity contribution in [1.82, 2.24) is 9.55 Å². The highest BCUT2D eigenvalue weighted by Crippen LogP contribution is 2.37. The van der Waals surface area contributed by atoms with Crippen molar-refractivity contribution in [1.29, 1.82) is 5.26 Å². The zero-order valence-corrected chi connectivity index (χ0v) is 22.8. The molecule has 2 aromatic carbocycles. The molecule has 8 nitrogen and oxygen atoms in total. The molecule has 0 aliphatic heterocycles. The number of amides is 1. The van der Waals surface area contributed by atoms with Crippen molar-refractivity contribution in [2.75, 3.05) is 6.61 Å². The van der Waals surface area contributed by atoms with Crippen molar-refractivity contribution in [3.8, 4) is 23.1 Å². The van der Waals surface area contributed by atoms with E-state index in [9.17, 15) is 33.4 Å². The Morgan fingerprint density at radius 1 is 1.20 bits per heavy atom. The molecule has 2 atom stereocenters. The molecule has 3 rings (SSSR count). The molecule has 1 aromatic heterocycles. The van der Waals surface area contributed by atoms with Crippen LogP contribution in [0.15, 0.2) is 42.6 Å². The molecule has 0 fully saturated rings. The summed E-state index contributed by atoms with van der Waals surface area (Å²) < 4.78 is 46.4. The van der Waals surface area contributed by atoms with Gasteiger partial charge in [-0.1, -0.05) is 24.3 Å². The second-order valence-electron chi connectivity index (χ2n) is 10.1. The van der Waals surface area contributed by atoms with Gasteiger partial charge in [0.15, 0.2) is 6.10 Å². The molecule has 0 saturated carbocycles. The lowest BCUT2D eigenvalue weighted by molar-refractivity contribution is -0.189. The molecule has 3 aromatic rings. The summed E-state index contributed by atoms with van der Waals surface area (Å²) in [4.78, 5) is 16.9. The van der Waals surface area contributed by atoms with E-state index in [0.717, 1.165) is 24.1 Å². The van der Waals surface area contributed by atoms with E-state index < -0.39 is 29.7 Å². The van der Waals surface area contributed by atoms with Crippen molar-refractivity contribution in [3.63, 3.8) is 0 Å². The van der Waals surface area contributed by atoms with Crippen LogP contribution in [0.25, 0.3) is 11.3 Å². The number of hydrogen-bond donors (Lipinski definition) is 3. The number of nitriles is 1. The highest BCUT2D eigenvalue weighted by Gasteiger charge is 2.39. The molecule has 4 N–H and O–H groups in total. The van der Waals surface area contributed by atoms with Gasteiger partial charge < -0.3 is 25.3 Å². The Morgan fingerprint density at radius 3 is 2.33 bits per heavy atom. The first-order valence-corrected chi connectivity index (χ1v) is 12.8. The van der Waals surface area contributed by atoms with Gasteiger partial charge in [-0.05, 0) is 69.7 Å². The topological polar surface area (TPSA) is 134 Å². The number of primary amides is 1. The maximum absolute atomic E-state index is 13.2. The molecular formula is C29H33F3N4O4. The number of benzene rings is 2. The fourth-order valence-electron chi connectivity index (χ4n) is 4.59. The second-order valence-corrected chi connectivity index (χ2v) is 10.1. The molecule has 0 aliphatic rings. The highest BCUT2D eigenvalue weighted by atomic mass is 19.4. The zero-order valence-electron chi connectivity index (χ0n) is 22.8. The van der Waals surface area contributed by atoms with Gasteiger partial charge in [0.1, 0.15) is 23.2 Å². The smallest absolute Gasteiger partial charge is 0.425 e. The molecule has 0 aliphatic carbocycles. The van der Waals surface area contributed by atoms with Crippen LogP contribution in [0.3, 0.4) is 0 Å². The maximum atomic E-state index is 13.2. The number of nitrogens with zero attached hydrogens (tertiary/aromatic N) is 3. The molecule has 0 saturated heterocycles. The van der Waals surface area contributed by atoms with Gasteiger partial charge in [0.25, 0.3) is 0 Å². The van der Waals surface area contributed by atoms with Crippen LogP contribution in [0.5, 0.6) is 5.75 Å². The van der Waals surface area contributed by atoms with Crippen molar-refractivity contribution in [2.24, 2.45) is 5.73 Å². The molecule has 0 bridgehead atoms. The fraction of sp³-hybridized carbons (Fsp3) is 0.414. The first-order valence-electron chi connectivity index (χ1n) is 12.8. The van der Waals surface area contributed by atoms with Crippen LogP contribution in [0.4, 0.5) is 13.2 Å². The third-order valence-electron chi connectivity index (χ3n) is 6.63. The SMILES string of the molecule is CCn1cc(-c2ccc(CC(CCO)c3c(C(N)=O)ccc(OC(C)C(F)(F)F)c3C#N)cc2)nc1C(C)(C)O. The van der Waals surface area contributed by atoms with E-state index in [4.69, 9.17) is 10.5 Å². The largest absolute Gasteiger partial charge is 0.480 e. The number of carbonyl (C=O) groups excluding carboxylic acids is 1. The number of halogens is 3. The number of ether oxygens (including phenoxy) is 1. The first-order chi connectivity index (χ1) is 18.7. The normalized spacial score (nSPS) is 13.5. The number of aryl methyl sites for hydroxylation is 1. The monoisotopic (exact) mass is 558 g/mol. The first kappa shape index (κ1) is 30.7. The molecule has 40 heavy (non-hydrogen) atoms. The molecular weight excluding hydrogens is 525 g/mol. The van der Waals surface area contributed by atoms with Gasteiger partial charge in [0, 0.05) is 30.5 Å². The minimum absolute atomic E-state index is 0.0251. The van der Waals surface area contributed by atoms with Crippen LogP contribution in [0.1, 0.15) is 72.9 Å². The van der Waals surface area contributed by atoms with Crippen LogP contribution < -0.4 is 10.5 Å². The summed E-state index contributed by atoms with van der Waals surface area (Å²) in [5.74, 6) is -1.27. The Kier molecular flexibility index (Phi) is 9.28. The number of carbonyl (C=O) groups is 1. The maximum Gasteiger partial charge on any atom is 0.425 e. The number of nitrogens with two attached hydrogens (primary N) is 1. The summed E-state index contributed by atoms with van der Waals surface area (Å²) in [7, 11) is 0. The quantitative estimate of drug-likeness (QED) is 0.309. The minimum Gasteiger partial charge on any atom is -0.480 e. The van der Waals surface area contributed by atoms with E-state index in [-0.39, 0.29) is 41.9 Å². The van der Waals surface area contributed by atoms with Gasteiger partial charge in [-0.3, -0.25) is 4.79 Å². The number of imidazole rings is 1. The number of rotatable bonds is 11. The number of hydrogen-bond acceptors (Lipinski definition) is 6. The molecule has 1 heterocycles. The predicted octanol–water partition coefficient (Wildman–Crippen LogP) is 4.81. The molecule has 11 heteroatoms. The summed E-state index contributed by atoms with van der Waals surface area (Å²) in [6.07, 6.45) is -4.63. The average Bonchev–Trinajstić information content (AvgIpc) is 3.33. The van der Waals surface area contributed by atoms with Gasteiger partial charge >= 0.3 is 6.18 Å². The Morgan fingerprint density at radius 2 is 1.85 bits per heavy atom. The molecule has 0 radical (unpaired) electrons. The van der Waals surface area contributed by atoms with Crippen LogP contribution >= 0.6 is 0 Å². The summed E-state index contributed by atoms with van der Waals surface area (Å²) >= 11 is 0. The third-order valence-corrected chi connectivity index (χ3v) is 6.63. The van der Waals surface area contributed by atoms with E-state index in [1.165, 1.54) is 6.07 Å². The molecule has 2 unspecified atom stereocenters. The van der Waals surface area contributed by atoms with Crippen LogP contribution in [0.2, 0.25) is 0 Å². The lowest BCUT2D eigenvalue weighted by atomic mass is 9.83. The Bertz CT molecular complexity index is 1390. The fourth-order valence-corrected chi connectivity index (χ4v) is 4.59. The van der Waals surface area contributed by atoms with Crippen LogP contribution in [-0.4, -0.2) is 44.6 Å². The predicted molar refractivity (Wildman–Crippen MR) is 143 cm³/mol. The number of aliphatic hydroxyl groups is 2. The van der Waals surface area contributed by atoms with Gasteiger partial charge in [0.05, 0.1) is 11.3 Å². The number of aliphatic hydroxyl groups excluding tert-OH is 1. The number of alkyl halides is 3. The van der Waals surface area contributed by atoms with Crippen molar-refractivity contribution in [3.05, 3.63) is 70.7 Å². The Hall–Kier alpha value is -3.88. The third kappa shape index (κ3) is 6.81. The van der Waals surface area contributed by atoms with Gasteiger partial charge in [-0.25, -0.2) is 4.98 Å². The van der Waals surface area contributed by atoms with Crippen molar-refractivity contribution < 1.29 is 32.9 Å². The highest BCUT2D eigenvalue weighted by molar-refractivity contribution is 5.95. The van der Waals surface area contributed by atoms with Crippen molar-refractivity contribution >= 4 is 5.91 Å². The standard InChI is InChI=1S/C29H33F3N4O4/c1-5-36-16-23(35-27(36)28(3,4)39)19-8-6-18(7-9-19)14-20(12-13-37)25-21(26(34)38)10-11-24(22(25)15-33)40-17(2)29(30,31)32/h6-11,16-17,20,37,39H,5,12-14H2,1-4H3,(H2,34,38).